The summed E-state index contributed by atoms with van der Waals surface area (Å²) in [6.07, 6.45) is 7.35. The van der Waals surface area contributed by atoms with Crippen LogP contribution in [-0.4, -0.2) is 39.0 Å². The molecular weight excluding hydrogens is 352 g/mol. The van der Waals surface area contributed by atoms with E-state index in [-0.39, 0.29) is 5.41 Å². The molecule has 0 atom stereocenters. The molecule has 0 fully saturated rings. The molecule has 2 rings (SSSR count). The Morgan fingerprint density at radius 3 is 2.61 bits per heavy atom. The third-order valence-electron chi connectivity index (χ3n) is 5.14. The maximum Gasteiger partial charge on any atom is 0.267 e. The summed E-state index contributed by atoms with van der Waals surface area (Å²) in [5, 5.41) is 8.62. The molecule has 0 aliphatic heterocycles. The summed E-state index contributed by atoms with van der Waals surface area (Å²) in [7, 11) is 2.18. The first-order chi connectivity index (χ1) is 13.2. The van der Waals surface area contributed by atoms with Crippen LogP contribution in [0.15, 0.2) is 24.4 Å². The van der Waals surface area contributed by atoms with Crippen LogP contribution in [-0.2, 0) is 16.8 Å². The first kappa shape index (κ1) is 22.1. The van der Waals surface area contributed by atoms with Crippen LogP contribution in [0.2, 0.25) is 0 Å². The highest BCUT2D eigenvalue weighted by molar-refractivity contribution is 5.90. The van der Waals surface area contributed by atoms with E-state index < -0.39 is 5.91 Å². The molecule has 0 aliphatic carbocycles. The van der Waals surface area contributed by atoms with E-state index in [4.69, 9.17) is 10.2 Å². The van der Waals surface area contributed by atoms with Crippen molar-refractivity contribution in [3.63, 3.8) is 0 Å². The topological polar surface area (TPSA) is 69.9 Å². The first-order valence-electron chi connectivity index (χ1n) is 10.0. The summed E-state index contributed by atoms with van der Waals surface area (Å²) < 4.78 is 2.15. The zero-order chi connectivity index (χ0) is 20.9. The number of nitrogens with one attached hydrogen (secondary N) is 1. The molecule has 6 nitrogen and oxygen atoms in total. The SMILES string of the molecule is CCC(CC)CN(C)Cc1c(C(C)(C)C)nc2cc(C=CC(=O)NO)ccn12. The molecule has 28 heavy (non-hydrogen) atoms. The summed E-state index contributed by atoms with van der Waals surface area (Å²) in [6, 6.07) is 3.91. The van der Waals surface area contributed by atoms with E-state index in [1.807, 2.05) is 18.3 Å². The van der Waals surface area contributed by atoms with Crippen molar-refractivity contribution in [3.05, 3.63) is 41.4 Å². The molecule has 0 bridgehead atoms. The highest BCUT2D eigenvalue weighted by atomic mass is 16.5. The van der Waals surface area contributed by atoms with Gasteiger partial charge >= 0.3 is 0 Å². The van der Waals surface area contributed by atoms with Crippen molar-refractivity contribution in [2.75, 3.05) is 13.6 Å². The third kappa shape index (κ3) is 5.42. The van der Waals surface area contributed by atoms with Crippen molar-refractivity contribution >= 4 is 17.6 Å². The molecule has 2 N–H and O–H groups in total. The summed E-state index contributed by atoms with van der Waals surface area (Å²) in [5.74, 6) is 0.152. The molecule has 0 unspecified atom stereocenters. The third-order valence-corrected chi connectivity index (χ3v) is 5.14. The fourth-order valence-corrected chi connectivity index (χ4v) is 3.48. The van der Waals surface area contributed by atoms with Gasteiger partial charge in [0.2, 0.25) is 0 Å². The quantitative estimate of drug-likeness (QED) is 0.408. The number of carbonyl (C=O) groups excluding carboxylic acids is 1. The molecule has 0 aromatic carbocycles. The number of hydrogen-bond donors (Lipinski definition) is 2. The van der Waals surface area contributed by atoms with Gasteiger partial charge in [0.05, 0.1) is 11.4 Å². The van der Waals surface area contributed by atoms with Crippen LogP contribution in [0.25, 0.3) is 11.7 Å². The average Bonchev–Trinajstić information content (AvgIpc) is 3.02. The Kier molecular flexibility index (Phi) is 7.38. The van der Waals surface area contributed by atoms with Gasteiger partial charge in [0.1, 0.15) is 5.65 Å². The fourth-order valence-electron chi connectivity index (χ4n) is 3.48. The summed E-state index contributed by atoms with van der Waals surface area (Å²) >= 11 is 0. The van der Waals surface area contributed by atoms with Crippen molar-refractivity contribution < 1.29 is 10.0 Å². The maximum atomic E-state index is 11.2. The Morgan fingerprint density at radius 1 is 1.36 bits per heavy atom. The lowest BCUT2D eigenvalue weighted by Gasteiger charge is -2.24. The van der Waals surface area contributed by atoms with Crippen molar-refractivity contribution in [2.24, 2.45) is 5.92 Å². The normalized spacial score (nSPS) is 12.6. The minimum absolute atomic E-state index is 0.0656. The van der Waals surface area contributed by atoms with Gasteiger partial charge in [-0.2, -0.15) is 0 Å². The highest BCUT2D eigenvalue weighted by Crippen LogP contribution is 2.28. The molecule has 0 aliphatic rings. The summed E-state index contributed by atoms with van der Waals surface area (Å²) in [4.78, 5) is 18.5. The lowest BCUT2D eigenvalue weighted by atomic mass is 9.90. The predicted octanol–water partition coefficient (Wildman–Crippen LogP) is 4.02. The Balaban J connectivity index is 2.39. The van der Waals surface area contributed by atoms with E-state index in [2.05, 4.69) is 51.0 Å². The Bertz CT molecular complexity index is 829. The molecule has 0 saturated heterocycles. The van der Waals surface area contributed by atoms with Gasteiger partial charge in [0.15, 0.2) is 0 Å². The van der Waals surface area contributed by atoms with Gasteiger partial charge in [-0.25, -0.2) is 10.5 Å². The van der Waals surface area contributed by atoms with Crippen molar-refractivity contribution in [2.45, 2.75) is 59.4 Å². The van der Waals surface area contributed by atoms with Crippen LogP contribution in [0.4, 0.5) is 0 Å². The number of amides is 1. The van der Waals surface area contributed by atoms with E-state index in [0.29, 0.717) is 5.92 Å². The number of aromatic nitrogens is 2. The average molecular weight is 387 g/mol. The van der Waals surface area contributed by atoms with Gasteiger partial charge in [0, 0.05) is 30.8 Å². The van der Waals surface area contributed by atoms with Gasteiger partial charge in [-0.1, -0.05) is 47.5 Å². The molecule has 2 aromatic heterocycles. The van der Waals surface area contributed by atoms with Crippen LogP contribution < -0.4 is 5.48 Å². The molecule has 154 valence electrons. The molecule has 2 heterocycles. The van der Waals surface area contributed by atoms with Crippen molar-refractivity contribution in [1.29, 1.82) is 0 Å². The number of hydroxylamine groups is 1. The van der Waals surface area contributed by atoms with E-state index in [1.54, 1.807) is 11.6 Å². The second-order valence-electron chi connectivity index (χ2n) is 8.53. The Morgan fingerprint density at radius 2 is 2.04 bits per heavy atom. The number of fused-ring (bicyclic) bond motifs is 1. The van der Waals surface area contributed by atoms with Gasteiger partial charge in [-0.3, -0.25) is 10.0 Å². The van der Waals surface area contributed by atoms with Crippen LogP contribution in [0, 0.1) is 5.92 Å². The molecule has 1 amide bonds. The smallest absolute Gasteiger partial charge is 0.267 e. The van der Waals surface area contributed by atoms with E-state index >= 15 is 0 Å². The van der Waals surface area contributed by atoms with E-state index in [9.17, 15) is 4.79 Å². The number of hydrogen-bond acceptors (Lipinski definition) is 4. The van der Waals surface area contributed by atoms with Gasteiger partial charge in [-0.15, -0.1) is 0 Å². The number of rotatable bonds is 8. The highest BCUT2D eigenvalue weighted by Gasteiger charge is 2.24. The van der Waals surface area contributed by atoms with Crippen LogP contribution in [0.3, 0.4) is 0 Å². The molecule has 2 aromatic rings. The van der Waals surface area contributed by atoms with Crippen LogP contribution in [0.5, 0.6) is 0 Å². The molecular formula is C22H34N4O2. The minimum Gasteiger partial charge on any atom is -0.302 e. The first-order valence-corrected chi connectivity index (χ1v) is 10.0. The van der Waals surface area contributed by atoms with Gasteiger partial charge < -0.3 is 9.30 Å². The molecule has 6 heteroatoms. The molecule has 0 radical (unpaired) electrons. The Labute approximate surface area is 168 Å². The minimum atomic E-state index is -0.553. The van der Waals surface area contributed by atoms with Crippen molar-refractivity contribution in [1.82, 2.24) is 19.8 Å². The lowest BCUT2D eigenvalue weighted by Crippen LogP contribution is -2.27. The molecule has 0 saturated carbocycles. The standard InChI is InChI=1S/C22H34N4O2/c1-7-16(8-2)14-25(6)15-18-21(22(3,4)5)23-19-13-17(11-12-26(18)19)9-10-20(27)24-28/h9-13,16,28H,7-8,14-15H2,1-6H3,(H,24,27). The van der Waals surface area contributed by atoms with E-state index in [0.717, 1.165) is 30.0 Å². The summed E-state index contributed by atoms with van der Waals surface area (Å²) in [5.41, 5.74) is 5.56. The zero-order valence-corrected chi connectivity index (χ0v) is 18.0. The second-order valence-corrected chi connectivity index (χ2v) is 8.53. The maximum absolute atomic E-state index is 11.2. The van der Waals surface area contributed by atoms with Gasteiger partial charge in [0.25, 0.3) is 5.91 Å². The van der Waals surface area contributed by atoms with Crippen molar-refractivity contribution in [3.8, 4) is 0 Å². The number of imidazole rings is 1. The number of pyridine rings is 1. The Hall–Kier alpha value is -2.18. The zero-order valence-electron chi connectivity index (χ0n) is 18.0. The molecule has 0 spiro atoms. The lowest BCUT2D eigenvalue weighted by molar-refractivity contribution is -0.124. The van der Waals surface area contributed by atoms with Crippen LogP contribution in [0.1, 0.15) is 64.4 Å². The number of nitrogens with zero attached hydrogens (tertiary/aromatic N) is 3. The number of carbonyl (C=O) groups is 1. The largest absolute Gasteiger partial charge is 0.302 e. The van der Waals surface area contributed by atoms with E-state index in [1.165, 1.54) is 24.6 Å². The predicted molar refractivity (Wildman–Crippen MR) is 113 cm³/mol. The monoisotopic (exact) mass is 386 g/mol. The second kappa shape index (κ2) is 9.34. The van der Waals surface area contributed by atoms with Gasteiger partial charge in [-0.05, 0) is 36.7 Å². The summed E-state index contributed by atoms with van der Waals surface area (Å²) in [6.45, 7) is 13.0. The fraction of sp³-hybridized carbons (Fsp3) is 0.545. The van der Waals surface area contributed by atoms with Crippen LogP contribution >= 0.6 is 0 Å².